The van der Waals surface area contributed by atoms with E-state index >= 15 is 0 Å². The first-order chi connectivity index (χ1) is 13.5. The first kappa shape index (κ1) is 21.0. The molecule has 3 rings (SSSR count). The van der Waals surface area contributed by atoms with Crippen LogP contribution in [0.15, 0.2) is 54.6 Å². The van der Waals surface area contributed by atoms with Crippen molar-refractivity contribution < 1.29 is 0 Å². The fraction of sp³-hybridized carbons (Fsp3) is 0.308. The number of rotatable bonds is 2. The number of nitrogens with zero attached hydrogens (tertiary/aromatic N) is 1. The molecule has 148 valence electrons. The second-order valence-electron chi connectivity index (χ2n) is 9.58. The molecule has 0 unspecified atom stereocenters. The van der Waals surface area contributed by atoms with E-state index in [0.29, 0.717) is 10.2 Å². The Morgan fingerprint density at radius 3 is 1.83 bits per heavy atom. The Hall–Kier alpha value is -2.70. The molecular formula is C26H28N2S. The third kappa shape index (κ3) is 4.49. The van der Waals surface area contributed by atoms with E-state index in [1.165, 1.54) is 11.1 Å². The minimum absolute atomic E-state index is 0.0294. The fourth-order valence-electron chi connectivity index (χ4n) is 3.32. The third-order valence-corrected chi connectivity index (χ3v) is 5.51. The van der Waals surface area contributed by atoms with Crippen molar-refractivity contribution in [1.29, 1.82) is 5.26 Å². The average molecular weight is 401 g/mol. The van der Waals surface area contributed by atoms with Crippen LogP contribution in [0.3, 0.4) is 0 Å². The molecule has 0 aliphatic rings. The standard InChI is InChI=1S/C26H28N2S/c1-25(2,3)19-12-18(13-20(14-19)26(4,5)6)23-15-21(17-10-8-7-9-11-17)22(16-27)24(29)28-23/h7-15H,1-6H3,(H,28,29). The molecule has 0 bridgehead atoms. The first-order valence-electron chi connectivity index (χ1n) is 9.90. The van der Waals surface area contributed by atoms with Crippen molar-refractivity contribution in [3.63, 3.8) is 0 Å². The van der Waals surface area contributed by atoms with Gasteiger partial charge in [0.15, 0.2) is 0 Å². The molecule has 2 nitrogen and oxygen atoms in total. The SMILES string of the molecule is CC(C)(C)c1cc(-c2cc(-c3ccccc3)c(C#N)c(=S)[nH]2)cc(C(C)(C)C)c1. The van der Waals surface area contributed by atoms with Crippen LogP contribution in [0, 0.1) is 16.0 Å². The zero-order chi connectivity index (χ0) is 21.4. The number of H-pyrrole nitrogens is 1. The maximum absolute atomic E-state index is 9.69. The Labute approximate surface area is 179 Å². The van der Waals surface area contributed by atoms with E-state index in [4.69, 9.17) is 12.2 Å². The summed E-state index contributed by atoms with van der Waals surface area (Å²) < 4.78 is 0.474. The minimum atomic E-state index is 0.0294. The van der Waals surface area contributed by atoms with Gasteiger partial charge in [-0.25, -0.2) is 0 Å². The van der Waals surface area contributed by atoms with Crippen molar-refractivity contribution in [3.8, 4) is 28.5 Å². The number of pyridine rings is 1. The van der Waals surface area contributed by atoms with E-state index in [1.807, 2.05) is 30.3 Å². The van der Waals surface area contributed by atoms with Gasteiger partial charge in [0.05, 0.1) is 5.56 Å². The summed E-state index contributed by atoms with van der Waals surface area (Å²) in [6.07, 6.45) is 0. The number of nitriles is 1. The van der Waals surface area contributed by atoms with E-state index in [-0.39, 0.29) is 10.8 Å². The van der Waals surface area contributed by atoms with Gasteiger partial charge in [-0.3, -0.25) is 0 Å². The highest BCUT2D eigenvalue weighted by molar-refractivity contribution is 7.71. The predicted molar refractivity (Wildman–Crippen MR) is 125 cm³/mol. The van der Waals surface area contributed by atoms with Gasteiger partial charge in [-0.15, -0.1) is 0 Å². The molecule has 29 heavy (non-hydrogen) atoms. The van der Waals surface area contributed by atoms with Gasteiger partial charge in [0, 0.05) is 11.3 Å². The zero-order valence-electron chi connectivity index (χ0n) is 18.1. The summed E-state index contributed by atoms with van der Waals surface area (Å²) in [6, 6.07) is 21.1. The fourth-order valence-corrected chi connectivity index (χ4v) is 3.59. The number of hydrogen-bond acceptors (Lipinski definition) is 2. The molecule has 0 spiro atoms. The van der Waals surface area contributed by atoms with E-state index in [2.05, 4.69) is 76.9 Å². The second kappa shape index (κ2) is 7.61. The van der Waals surface area contributed by atoms with Gasteiger partial charge in [-0.05, 0) is 51.3 Å². The lowest BCUT2D eigenvalue weighted by atomic mass is 9.79. The summed E-state index contributed by atoms with van der Waals surface area (Å²) in [6.45, 7) is 13.4. The molecule has 2 aromatic carbocycles. The summed E-state index contributed by atoms with van der Waals surface area (Å²) in [7, 11) is 0. The lowest BCUT2D eigenvalue weighted by Crippen LogP contribution is -2.16. The molecule has 0 fully saturated rings. The van der Waals surface area contributed by atoms with Gasteiger partial charge in [-0.2, -0.15) is 5.26 Å². The summed E-state index contributed by atoms with van der Waals surface area (Å²) in [5, 5.41) is 9.69. The van der Waals surface area contributed by atoms with Crippen LogP contribution in [-0.4, -0.2) is 4.98 Å². The van der Waals surface area contributed by atoms with Crippen LogP contribution >= 0.6 is 12.2 Å². The second-order valence-corrected chi connectivity index (χ2v) is 9.99. The molecule has 1 heterocycles. The van der Waals surface area contributed by atoms with Crippen LogP contribution in [0.25, 0.3) is 22.4 Å². The Morgan fingerprint density at radius 1 is 0.793 bits per heavy atom. The quantitative estimate of drug-likeness (QED) is 0.451. The molecule has 0 saturated carbocycles. The van der Waals surface area contributed by atoms with Gasteiger partial charge in [0.25, 0.3) is 0 Å². The normalized spacial score (nSPS) is 11.9. The lowest BCUT2D eigenvalue weighted by molar-refractivity contribution is 0.569. The third-order valence-electron chi connectivity index (χ3n) is 5.21. The number of benzene rings is 2. The van der Waals surface area contributed by atoms with Gasteiger partial charge >= 0.3 is 0 Å². The summed E-state index contributed by atoms with van der Waals surface area (Å²) >= 11 is 5.56. The van der Waals surface area contributed by atoms with Crippen LogP contribution in [0.4, 0.5) is 0 Å². The summed E-state index contributed by atoms with van der Waals surface area (Å²) in [5.41, 5.74) is 7.02. The first-order valence-corrected chi connectivity index (χ1v) is 10.3. The molecular weight excluding hydrogens is 372 g/mol. The highest BCUT2D eigenvalue weighted by atomic mass is 32.1. The Morgan fingerprint density at radius 2 is 1.34 bits per heavy atom. The molecule has 3 heteroatoms. The zero-order valence-corrected chi connectivity index (χ0v) is 18.9. The monoisotopic (exact) mass is 400 g/mol. The Bertz CT molecular complexity index is 1100. The van der Waals surface area contributed by atoms with Crippen molar-refractivity contribution >= 4 is 12.2 Å². The maximum Gasteiger partial charge on any atom is 0.122 e. The topological polar surface area (TPSA) is 39.6 Å². The van der Waals surface area contributed by atoms with Crippen molar-refractivity contribution in [2.45, 2.75) is 52.4 Å². The number of aromatic nitrogens is 1. The molecule has 3 aromatic rings. The molecule has 1 N–H and O–H groups in total. The number of aromatic amines is 1. The molecule has 0 radical (unpaired) electrons. The average Bonchev–Trinajstić information content (AvgIpc) is 2.66. The van der Waals surface area contributed by atoms with Crippen LogP contribution in [-0.2, 0) is 10.8 Å². The van der Waals surface area contributed by atoms with Crippen LogP contribution < -0.4 is 0 Å². The van der Waals surface area contributed by atoms with Gasteiger partial charge < -0.3 is 4.98 Å². The van der Waals surface area contributed by atoms with Crippen LogP contribution in [0.1, 0.15) is 58.2 Å². The van der Waals surface area contributed by atoms with Crippen molar-refractivity contribution in [3.05, 3.63) is 75.9 Å². The van der Waals surface area contributed by atoms with Crippen LogP contribution in [0.2, 0.25) is 0 Å². The Kier molecular flexibility index (Phi) is 5.52. The molecule has 0 aliphatic carbocycles. The molecule has 1 aromatic heterocycles. The summed E-state index contributed by atoms with van der Waals surface area (Å²) in [5.74, 6) is 0. The maximum atomic E-state index is 9.69. The molecule has 0 amide bonds. The highest BCUT2D eigenvalue weighted by Crippen LogP contribution is 2.35. The van der Waals surface area contributed by atoms with Gasteiger partial charge in [0.2, 0.25) is 0 Å². The minimum Gasteiger partial charge on any atom is -0.345 e. The summed E-state index contributed by atoms with van der Waals surface area (Å²) in [4.78, 5) is 3.30. The van der Waals surface area contributed by atoms with E-state index in [0.717, 1.165) is 22.4 Å². The van der Waals surface area contributed by atoms with E-state index < -0.39 is 0 Å². The highest BCUT2D eigenvalue weighted by Gasteiger charge is 2.21. The molecule has 0 saturated heterocycles. The number of hydrogen-bond donors (Lipinski definition) is 1. The van der Waals surface area contributed by atoms with Gasteiger partial charge in [0.1, 0.15) is 10.7 Å². The van der Waals surface area contributed by atoms with Crippen molar-refractivity contribution in [1.82, 2.24) is 4.98 Å². The van der Waals surface area contributed by atoms with E-state index in [1.54, 1.807) is 0 Å². The molecule has 0 atom stereocenters. The lowest BCUT2D eigenvalue weighted by Gasteiger charge is -2.26. The smallest absolute Gasteiger partial charge is 0.122 e. The predicted octanol–water partition coefficient (Wildman–Crippen LogP) is 7.54. The molecule has 0 aliphatic heterocycles. The number of nitrogens with one attached hydrogen (secondary N) is 1. The van der Waals surface area contributed by atoms with Gasteiger partial charge in [-0.1, -0.05) is 90.2 Å². The van der Waals surface area contributed by atoms with Crippen molar-refractivity contribution in [2.24, 2.45) is 0 Å². The van der Waals surface area contributed by atoms with E-state index in [9.17, 15) is 5.26 Å². The van der Waals surface area contributed by atoms with Crippen LogP contribution in [0.5, 0.6) is 0 Å². The largest absolute Gasteiger partial charge is 0.345 e. The Balaban J connectivity index is 2.30. The van der Waals surface area contributed by atoms with Crippen molar-refractivity contribution in [2.75, 3.05) is 0 Å².